The maximum atomic E-state index is 9.71. The van der Waals surface area contributed by atoms with Gasteiger partial charge in [-0.05, 0) is 42.3 Å². The minimum Gasteiger partial charge on any atom is -0.504 e. The number of rotatable bonds is 5. The summed E-state index contributed by atoms with van der Waals surface area (Å²) in [6.45, 7) is 2.78. The van der Waals surface area contributed by atoms with E-state index in [4.69, 9.17) is 4.74 Å². The molecule has 4 heteroatoms. The van der Waals surface area contributed by atoms with E-state index in [0.717, 1.165) is 5.56 Å². The Morgan fingerprint density at radius 1 is 1.26 bits per heavy atom. The molecule has 1 atom stereocenters. The number of hydrogen-bond acceptors (Lipinski definition) is 4. The summed E-state index contributed by atoms with van der Waals surface area (Å²) in [6.07, 6.45) is 3.57. The van der Waals surface area contributed by atoms with Gasteiger partial charge in [0.1, 0.15) is 0 Å². The predicted octanol–water partition coefficient (Wildman–Crippen LogP) is 2.65. The molecule has 0 fully saturated rings. The highest BCUT2D eigenvalue weighted by molar-refractivity contribution is 5.41. The smallest absolute Gasteiger partial charge is 0.160 e. The van der Waals surface area contributed by atoms with Crippen molar-refractivity contribution in [3.8, 4) is 11.5 Å². The lowest BCUT2D eigenvalue weighted by molar-refractivity contribution is 0.373. The lowest BCUT2D eigenvalue weighted by Crippen LogP contribution is -2.18. The van der Waals surface area contributed by atoms with Crippen molar-refractivity contribution >= 4 is 0 Å². The van der Waals surface area contributed by atoms with E-state index in [-0.39, 0.29) is 11.8 Å². The van der Waals surface area contributed by atoms with Gasteiger partial charge >= 0.3 is 0 Å². The highest BCUT2D eigenvalue weighted by Gasteiger charge is 2.06. The number of methoxy groups -OCH3 is 1. The summed E-state index contributed by atoms with van der Waals surface area (Å²) in [5, 5.41) is 13.1. The molecule has 0 saturated heterocycles. The Labute approximate surface area is 113 Å². The molecule has 0 aliphatic rings. The normalized spacial score (nSPS) is 12.1. The number of phenolic OH excluding ortho intramolecular Hbond substituents is 1. The van der Waals surface area contributed by atoms with Gasteiger partial charge in [0, 0.05) is 25.0 Å². The van der Waals surface area contributed by atoms with Crippen LogP contribution < -0.4 is 10.1 Å². The Morgan fingerprint density at radius 2 is 2.00 bits per heavy atom. The van der Waals surface area contributed by atoms with Gasteiger partial charge in [-0.2, -0.15) is 0 Å². The number of pyridine rings is 1. The zero-order valence-electron chi connectivity index (χ0n) is 11.1. The molecule has 1 heterocycles. The first-order chi connectivity index (χ1) is 9.20. The number of ether oxygens (including phenoxy) is 1. The van der Waals surface area contributed by atoms with E-state index in [2.05, 4.69) is 17.2 Å². The van der Waals surface area contributed by atoms with E-state index >= 15 is 0 Å². The van der Waals surface area contributed by atoms with Crippen LogP contribution in [0.4, 0.5) is 0 Å². The second-order valence-corrected chi connectivity index (χ2v) is 4.39. The quantitative estimate of drug-likeness (QED) is 0.865. The SMILES string of the molecule is COc1ccc(CN[C@H](C)c2ccncc2)cc1O. The monoisotopic (exact) mass is 258 g/mol. The second-order valence-electron chi connectivity index (χ2n) is 4.39. The van der Waals surface area contributed by atoms with Crippen LogP contribution in [0, 0.1) is 0 Å². The number of nitrogens with zero attached hydrogens (tertiary/aromatic N) is 1. The van der Waals surface area contributed by atoms with Gasteiger partial charge in [-0.1, -0.05) is 6.07 Å². The van der Waals surface area contributed by atoms with E-state index in [0.29, 0.717) is 12.3 Å². The Hall–Kier alpha value is -2.07. The fourth-order valence-electron chi connectivity index (χ4n) is 1.89. The number of phenols is 1. The molecule has 4 nitrogen and oxygen atoms in total. The third-order valence-corrected chi connectivity index (χ3v) is 3.06. The highest BCUT2D eigenvalue weighted by atomic mass is 16.5. The van der Waals surface area contributed by atoms with E-state index in [1.54, 1.807) is 31.6 Å². The van der Waals surface area contributed by atoms with Crippen molar-refractivity contribution in [2.45, 2.75) is 19.5 Å². The third-order valence-electron chi connectivity index (χ3n) is 3.06. The summed E-state index contributed by atoms with van der Waals surface area (Å²) in [4.78, 5) is 4.00. The number of nitrogens with one attached hydrogen (secondary N) is 1. The van der Waals surface area contributed by atoms with Crippen LogP contribution in [0.1, 0.15) is 24.1 Å². The van der Waals surface area contributed by atoms with Crippen molar-refractivity contribution in [1.29, 1.82) is 0 Å². The van der Waals surface area contributed by atoms with Crippen molar-refractivity contribution in [2.75, 3.05) is 7.11 Å². The fourth-order valence-corrected chi connectivity index (χ4v) is 1.89. The number of aromatic nitrogens is 1. The van der Waals surface area contributed by atoms with Crippen LogP contribution in [0.25, 0.3) is 0 Å². The van der Waals surface area contributed by atoms with Crippen LogP contribution in [0.3, 0.4) is 0 Å². The first-order valence-corrected chi connectivity index (χ1v) is 6.20. The summed E-state index contributed by atoms with van der Waals surface area (Å²) in [6, 6.07) is 9.62. The molecule has 1 aromatic carbocycles. The maximum Gasteiger partial charge on any atom is 0.160 e. The molecule has 2 rings (SSSR count). The van der Waals surface area contributed by atoms with Gasteiger partial charge in [0.15, 0.2) is 11.5 Å². The first kappa shape index (κ1) is 13.4. The van der Waals surface area contributed by atoms with Gasteiger partial charge in [0.25, 0.3) is 0 Å². The maximum absolute atomic E-state index is 9.71. The molecule has 0 bridgehead atoms. The average molecular weight is 258 g/mol. The molecule has 1 aromatic heterocycles. The van der Waals surface area contributed by atoms with Gasteiger partial charge in [-0.3, -0.25) is 4.98 Å². The van der Waals surface area contributed by atoms with E-state index in [9.17, 15) is 5.11 Å². The van der Waals surface area contributed by atoms with Crippen LogP contribution in [-0.2, 0) is 6.54 Å². The molecule has 0 aliphatic heterocycles. The standard InChI is InChI=1S/C15H18N2O2/c1-11(13-5-7-16-8-6-13)17-10-12-3-4-15(19-2)14(18)9-12/h3-9,11,17-18H,10H2,1-2H3/t11-/m1/s1. The Kier molecular flexibility index (Phi) is 4.36. The van der Waals surface area contributed by atoms with Gasteiger partial charge < -0.3 is 15.2 Å². The molecule has 0 unspecified atom stereocenters. The molecule has 2 N–H and O–H groups in total. The second kappa shape index (κ2) is 6.20. The van der Waals surface area contributed by atoms with E-state index in [1.807, 2.05) is 18.2 Å². The van der Waals surface area contributed by atoms with Gasteiger partial charge in [-0.15, -0.1) is 0 Å². The van der Waals surface area contributed by atoms with Crippen molar-refractivity contribution < 1.29 is 9.84 Å². The third kappa shape index (κ3) is 3.45. The Morgan fingerprint density at radius 3 is 2.63 bits per heavy atom. The summed E-state index contributed by atoms with van der Waals surface area (Å²) in [5.74, 6) is 0.657. The van der Waals surface area contributed by atoms with Gasteiger partial charge in [-0.25, -0.2) is 0 Å². The van der Waals surface area contributed by atoms with Crippen LogP contribution in [0.15, 0.2) is 42.7 Å². The molecule has 19 heavy (non-hydrogen) atoms. The number of aromatic hydroxyl groups is 1. The minimum atomic E-state index is 0.165. The van der Waals surface area contributed by atoms with Crippen LogP contribution in [0.2, 0.25) is 0 Å². The Bertz CT molecular complexity index is 529. The molecule has 2 aromatic rings. The molecule has 0 amide bonds. The molecule has 0 aliphatic carbocycles. The zero-order valence-corrected chi connectivity index (χ0v) is 11.1. The average Bonchev–Trinajstić information content (AvgIpc) is 2.46. The lowest BCUT2D eigenvalue weighted by atomic mass is 10.1. The van der Waals surface area contributed by atoms with Gasteiger partial charge in [0.05, 0.1) is 7.11 Å². The largest absolute Gasteiger partial charge is 0.504 e. The van der Waals surface area contributed by atoms with E-state index < -0.39 is 0 Å². The zero-order chi connectivity index (χ0) is 13.7. The molecular formula is C15H18N2O2. The first-order valence-electron chi connectivity index (χ1n) is 6.20. The number of hydrogen-bond donors (Lipinski definition) is 2. The lowest BCUT2D eigenvalue weighted by Gasteiger charge is -2.14. The topological polar surface area (TPSA) is 54.4 Å². The van der Waals surface area contributed by atoms with E-state index in [1.165, 1.54) is 5.56 Å². The van der Waals surface area contributed by atoms with Crippen molar-refractivity contribution in [2.24, 2.45) is 0 Å². The molecule has 0 spiro atoms. The number of benzene rings is 1. The van der Waals surface area contributed by atoms with Crippen molar-refractivity contribution in [3.63, 3.8) is 0 Å². The molecule has 0 saturated carbocycles. The van der Waals surface area contributed by atoms with Crippen molar-refractivity contribution in [1.82, 2.24) is 10.3 Å². The summed E-state index contributed by atoms with van der Waals surface area (Å²) >= 11 is 0. The fraction of sp³-hybridized carbons (Fsp3) is 0.267. The summed E-state index contributed by atoms with van der Waals surface area (Å²) in [7, 11) is 1.54. The molecular weight excluding hydrogens is 240 g/mol. The summed E-state index contributed by atoms with van der Waals surface area (Å²) in [5.41, 5.74) is 2.20. The molecule has 0 radical (unpaired) electrons. The molecule has 100 valence electrons. The van der Waals surface area contributed by atoms with Crippen LogP contribution in [0.5, 0.6) is 11.5 Å². The van der Waals surface area contributed by atoms with Crippen LogP contribution >= 0.6 is 0 Å². The Balaban J connectivity index is 1.97. The summed E-state index contributed by atoms with van der Waals surface area (Å²) < 4.78 is 5.02. The van der Waals surface area contributed by atoms with Gasteiger partial charge in [0.2, 0.25) is 0 Å². The minimum absolute atomic E-state index is 0.165. The van der Waals surface area contributed by atoms with Crippen LogP contribution in [-0.4, -0.2) is 17.2 Å². The predicted molar refractivity (Wildman–Crippen MR) is 74.2 cm³/mol. The van der Waals surface area contributed by atoms with Crippen molar-refractivity contribution in [3.05, 3.63) is 53.9 Å². The highest BCUT2D eigenvalue weighted by Crippen LogP contribution is 2.26.